The van der Waals surface area contributed by atoms with Gasteiger partial charge in [-0.3, -0.25) is 9.59 Å². The zero-order chi connectivity index (χ0) is 9.30. The number of hydrogen-bond donors (Lipinski definition) is 3. The second-order valence-electron chi connectivity index (χ2n) is 2.96. The predicted molar refractivity (Wildman–Crippen MR) is 41.2 cm³/mol. The third kappa shape index (κ3) is 1.55. The Bertz CT molecular complexity index is 215. The highest BCUT2D eigenvalue weighted by Crippen LogP contribution is 2.00. The van der Waals surface area contributed by atoms with E-state index >= 15 is 0 Å². The van der Waals surface area contributed by atoms with Crippen LogP contribution in [0.2, 0.25) is 0 Å². The maximum absolute atomic E-state index is 11.1. The zero-order valence-electron chi connectivity index (χ0n) is 7.00. The Balaban J connectivity index is 2.68. The number of rotatable bonds is 1. The van der Waals surface area contributed by atoms with E-state index in [-0.39, 0.29) is 11.8 Å². The number of carbonyl (C=O) groups excluding carboxylic acids is 2. The Morgan fingerprint density at radius 2 is 1.92 bits per heavy atom. The zero-order valence-corrected chi connectivity index (χ0v) is 7.00. The summed E-state index contributed by atoms with van der Waals surface area (Å²) in [5.41, 5.74) is 0. The number of piperazine rings is 1. The summed E-state index contributed by atoms with van der Waals surface area (Å²) in [5.74, 6) is -0.599. The molecule has 5 nitrogen and oxygen atoms in total. The Hall–Kier alpha value is -1.10. The van der Waals surface area contributed by atoms with Crippen LogP contribution in [-0.4, -0.2) is 35.1 Å². The molecule has 0 aromatic rings. The quantitative estimate of drug-likeness (QED) is 0.444. The van der Waals surface area contributed by atoms with Gasteiger partial charge in [-0.15, -0.1) is 0 Å². The summed E-state index contributed by atoms with van der Waals surface area (Å²) < 4.78 is 0. The molecule has 0 aliphatic carbocycles. The topological polar surface area (TPSA) is 78.4 Å². The molecule has 1 rings (SSSR count). The van der Waals surface area contributed by atoms with Crippen LogP contribution in [0.5, 0.6) is 0 Å². The number of aliphatic hydroxyl groups excluding tert-OH is 1. The van der Waals surface area contributed by atoms with E-state index in [1.54, 1.807) is 6.92 Å². The molecular formula is C7H12N2O3. The van der Waals surface area contributed by atoms with Crippen molar-refractivity contribution in [3.63, 3.8) is 0 Å². The summed E-state index contributed by atoms with van der Waals surface area (Å²) in [5, 5.41) is 13.9. The van der Waals surface area contributed by atoms with Crippen molar-refractivity contribution in [2.45, 2.75) is 32.0 Å². The van der Waals surface area contributed by atoms with E-state index in [0.29, 0.717) is 0 Å². The molecule has 5 heteroatoms. The van der Waals surface area contributed by atoms with Crippen molar-refractivity contribution in [1.82, 2.24) is 10.6 Å². The van der Waals surface area contributed by atoms with Crippen LogP contribution in [0.25, 0.3) is 0 Å². The van der Waals surface area contributed by atoms with E-state index in [9.17, 15) is 9.59 Å². The average molecular weight is 172 g/mol. The molecule has 1 aliphatic rings. The Labute approximate surface area is 70.1 Å². The van der Waals surface area contributed by atoms with E-state index in [4.69, 9.17) is 5.11 Å². The number of carbonyl (C=O) groups is 2. The predicted octanol–water partition coefficient (Wildman–Crippen LogP) is -1.63. The fraction of sp³-hybridized carbons (Fsp3) is 0.714. The van der Waals surface area contributed by atoms with Crippen LogP contribution in [-0.2, 0) is 9.59 Å². The van der Waals surface area contributed by atoms with E-state index in [1.807, 2.05) is 0 Å². The highest BCUT2D eigenvalue weighted by atomic mass is 16.3. The van der Waals surface area contributed by atoms with Gasteiger partial charge >= 0.3 is 0 Å². The van der Waals surface area contributed by atoms with Crippen LogP contribution in [0.4, 0.5) is 0 Å². The summed E-state index contributed by atoms with van der Waals surface area (Å²) in [6.45, 7) is 3.05. The Kier molecular flexibility index (Phi) is 2.32. The van der Waals surface area contributed by atoms with Crippen LogP contribution >= 0.6 is 0 Å². The van der Waals surface area contributed by atoms with Gasteiger partial charge in [-0.05, 0) is 13.8 Å². The van der Waals surface area contributed by atoms with E-state index in [0.717, 1.165) is 0 Å². The number of amides is 2. The number of nitrogens with one attached hydrogen (secondary N) is 2. The fourth-order valence-electron chi connectivity index (χ4n) is 1.05. The molecule has 3 N–H and O–H groups in total. The molecule has 1 fully saturated rings. The number of hydrogen-bond acceptors (Lipinski definition) is 3. The molecule has 68 valence electrons. The minimum atomic E-state index is -0.860. The number of aliphatic hydroxyl groups is 1. The van der Waals surface area contributed by atoms with Crippen LogP contribution in [0, 0.1) is 0 Å². The molecular weight excluding hydrogens is 160 g/mol. The second-order valence-corrected chi connectivity index (χ2v) is 2.96. The highest BCUT2D eigenvalue weighted by Gasteiger charge is 2.33. The summed E-state index contributed by atoms with van der Waals surface area (Å²) in [7, 11) is 0. The molecule has 1 aliphatic heterocycles. The molecule has 1 heterocycles. The van der Waals surface area contributed by atoms with Gasteiger partial charge in [-0.1, -0.05) is 0 Å². The van der Waals surface area contributed by atoms with Crippen LogP contribution < -0.4 is 10.6 Å². The summed E-state index contributed by atoms with van der Waals surface area (Å²) in [6.07, 6.45) is -0.860. The monoisotopic (exact) mass is 172 g/mol. The third-order valence-corrected chi connectivity index (χ3v) is 1.81. The van der Waals surface area contributed by atoms with Gasteiger partial charge in [0.2, 0.25) is 11.8 Å². The molecule has 0 aromatic heterocycles. The van der Waals surface area contributed by atoms with Crippen LogP contribution in [0.15, 0.2) is 0 Å². The fourth-order valence-corrected chi connectivity index (χ4v) is 1.05. The maximum Gasteiger partial charge on any atom is 0.245 e. The first-order chi connectivity index (χ1) is 5.52. The lowest BCUT2D eigenvalue weighted by molar-refractivity contribution is -0.138. The second kappa shape index (κ2) is 3.10. The lowest BCUT2D eigenvalue weighted by Crippen LogP contribution is -2.63. The molecule has 0 spiro atoms. The molecule has 0 unspecified atom stereocenters. The standard InChI is InChI=1S/C7H12N2O3/c1-3-6(11)9-5(4(2)10)7(12)8-3/h3-5,10H,1-2H3,(H,8,12)(H,9,11)/t3-,4+,5-/m0/s1. The molecule has 0 radical (unpaired) electrons. The first kappa shape index (κ1) is 8.99. The first-order valence-electron chi connectivity index (χ1n) is 3.81. The first-order valence-corrected chi connectivity index (χ1v) is 3.81. The van der Waals surface area contributed by atoms with Gasteiger partial charge < -0.3 is 15.7 Å². The molecule has 2 amide bonds. The molecule has 0 aromatic carbocycles. The SMILES string of the molecule is C[C@@H]1NC(=O)[C@H]([C@@H](C)O)NC1=O. The van der Waals surface area contributed by atoms with Crippen molar-refractivity contribution < 1.29 is 14.7 Å². The molecule has 0 bridgehead atoms. The summed E-state index contributed by atoms with van der Waals surface area (Å²) in [4.78, 5) is 22.1. The summed E-state index contributed by atoms with van der Waals surface area (Å²) >= 11 is 0. The van der Waals surface area contributed by atoms with E-state index < -0.39 is 18.2 Å². The van der Waals surface area contributed by atoms with Gasteiger partial charge in [0, 0.05) is 0 Å². The Morgan fingerprint density at radius 1 is 1.33 bits per heavy atom. The molecule has 0 saturated carbocycles. The molecule has 12 heavy (non-hydrogen) atoms. The van der Waals surface area contributed by atoms with Crippen molar-refractivity contribution in [2.75, 3.05) is 0 Å². The van der Waals surface area contributed by atoms with Crippen molar-refractivity contribution in [3.8, 4) is 0 Å². The minimum Gasteiger partial charge on any atom is -0.391 e. The van der Waals surface area contributed by atoms with Crippen molar-refractivity contribution in [2.24, 2.45) is 0 Å². The smallest absolute Gasteiger partial charge is 0.245 e. The lowest BCUT2D eigenvalue weighted by atomic mass is 10.1. The van der Waals surface area contributed by atoms with E-state index in [2.05, 4.69) is 10.6 Å². The highest BCUT2D eigenvalue weighted by molar-refractivity contribution is 5.96. The molecule has 1 saturated heterocycles. The van der Waals surface area contributed by atoms with Gasteiger partial charge in [0.25, 0.3) is 0 Å². The largest absolute Gasteiger partial charge is 0.391 e. The van der Waals surface area contributed by atoms with Crippen LogP contribution in [0.1, 0.15) is 13.8 Å². The maximum atomic E-state index is 11.1. The third-order valence-electron chi connectivity index (χ3n) is 1.81. The average Bonchev–Trinajstić information content (AvgIpc) is 1.96. The Morgan fingerprint density at radius 3 is 2.42 bits per heavy atom. The minimum absolute atomic E-state index is 0.263. The van der Waals surface area contributed by atoms with Gasteiger partial charge in [-0.2, -0.15) is 0 Å². The van der Waals surface area contributed by atoms with Crippen LogP contribution in [0.3, 0.4) is 0 Å². The lowest BCUT2D eigenvalue weighted by Gasteiger charge is -2.28. The van der Waals surface area contributed by atoms with Crippen molar-refractivity contribution in [3.05, 3.63) is 0 Å². The van der Waals surface area contributed by atoms with Crippen molar-refractivity contribution in [1.29, 1.82) is 0 Å². The van der Waals surface area contributed by atoms with Gasteiger partial charge in [0.05, 0.1) is 6.10 Å². The van der Waals surface area contributed by atoms with Gasteiger partial charge in [-0.25, -0.2) is 0 Å². The van der Waals surface area contributed by atoms with E-state index in [1.165, 1.54) is 6.92 Å². The normalized spacial score (nSPS) is 32.2. The molecule has 3 atom stereocenters. The van der Waals surface area contributed by atoms with Gasteiger partial charge in [0.1, 0.15) is 12.1 Å². The summed E-state index contributed by atoms with van der Waals surface area (Å²) in [6, 6.07) is -1.32. The van der Waals surface area contributed by atoms with Gasteiger partial charge in [0.15, 0.2) is 0 Å². The van der Waals surface area contributed by atoms with Crippen molar-refractivity contribution >= 4 is 11.8 Å².